The second-order valence-electron chi connectivity index (χ2n) is 4.51. The van der Waals surface area contributed by atoms with Crippen molar-refractivity contribution in [3.63, 3.8) is 0 Å². The second kappa shape index (κ2) is 4.24. The van der Waals surface area contributed by atoms with Crippen LogP contribution in [0.4, 0.5) is 5.82 Å². The molecule has 0 atom stereocenters. The van der Waals surface area contributed by atoms with Crippen molar-refractivity contribution in [1.29, 1.82) is 0 Å². The van der Waals surface area contributed by atoms with Gasteiger partial charge in [0.1, 0.15) is 0 Å². The average molecular weight is 255 g/mol. The van der Waals surface area contributed by atoms with E-state index < -0.39 is 0 Å². The van der Waals surface area contributed by atoms with Gasteiger partial charge in [-0.05, 0) is 26.0 Å². The summed E-state index contributed by atoms with van der Waals surface area (Å²) in [6, 6.07) is 7.58. The lowest BCUT2D eigenvalue weighted by Gasteiger charge is -1.99. The van der Waals surface area contributed by atoms with E-state index in [0.717, 1.165) is 22.2 Å². The van der Waals surface area contributed by atoms with Gasteiger partial charge in [0.15, 0.2) is 11.5 Å². The van der Waals surface area contributed by atoms with Gasteiger partial charge in [-0.2, -0.15) is 10.2 Å². The summed E-state index contributed by atoms with van der Waals surface area (Å²) in [6.07, 6.45) is 0. The first-order valence-electron chi connectivity index (χ1n) is 5.91. The summed E-state index contributed by atoms with van der Waals surface area (Å²) in [5.74, 6) is 0.217. The Hall–Kier alpha value is -2.63. The summed E-state index contributed by atoms with van der Waals surface area (Å²) >= 11 is 0. The maximum absolute atomic E-state index is 12.2. The van der Waals surface area contributed by atoms with E-state index in [9.17, 15) is 4.79 Å². The Kier molecular flexibility index (Phi) is 2.56. The SMILES string of the molecule is Cc1ccc2[nH]nc(C(=O)Nc3cc(C)[nH]n3)c2c1. The molecule has 19 heavy (non-hydrogen) atoms. The zero-order valence-electron chi connectivity index (χ0n) is 10.6. The van der Waals surface area contributed by atoms with Crippen LogP contribution in [-0.2, 0) is 0 Å². The molecule has 0 fully saturated rings. The fourth-order valence-electron chi connectivity index (χ4n) is 1.96. The van der Waals surface area contributed by atoms with Gasteiger partial charge in [-0.15, -0.1) is 0 Å². The minimum Gasteiger partial charge on any atom is -0.304 e. The van der Waals surface area contributed by atoms with Gasteiger partial charge in [0.2, 0.25) is 0 Å². The normalized spacial score (nSPS) is 10.8. The van der Waals surface area contributed by atoms with Gasteiger partial charge in [-0.1, -0.05) is 11.6 Å². The molecular weight excluding hydrogens is 242 g/mol. The van der Waals surface area contributed by atoms with Crippen molar-refractivity contribution >= 4 is 22.6 Å². The van der Waals surface area contributed by atoms with Crippen LogP contribution in [0.25, 0.3) is 10.9 Å². The second-order valence-corrected chi connectivity index (χ2v) is 4.51. The van der Waals surface area contributed by atoms with Crippen LogP contribution in [0.15, 0.2) is 24.3 Å². The molecule has 0 unspecified atom stereocenters. The Morgan fingerprint density at radius 2 is 2.00 bits per heavy atom. The highest BCUT2D eigenvalue weighted by molar-refractivity contribution is 6.10. The number of anilines is 1. The van der Waals surface area contributed by atoms with E-state index in [1.807, 2.05) is 32.0 Å². The lowest BCUT2D eigenvalue weighted by atomic mass is 10.1. The van der Waals surface area contributed by atoms with Crippen molar-refractivity contribution in [1.82, 2.24) is 20.4 Å². The largest absolute Gasteiger partial charge is 0.304 e. The number of nitrogens with zero attached hydrogens (tertiary/aromatic N) is 2. The van der Waals surface area contributed by atoms with Gasteiger partial charge in [-0.25, -0.2) is 0 Å². The van der Waals surface area contributed by atoms with Crippen LogP contribution in [0, 0.1) is 13.8 Å². The van der Waals surface area contributed by atoms with E-state index in [-0.39, 0.29) is 5.91 Å². The van der Waals surface area contributed by atoms with Crippen LogP contribution in [0.3, 0.4) is 0 Å². The van der Waals surface area contributed by atoms with Crippen LogP contribution < -0.4 is 5.32 Å². The molecule has 3 rings (SSSR count). The van der Waals surface area contributed by atoms with Gasteiger partial charge in [0.05, 0.1) is 5.52 Å². The predicted octanol–water partition coefficient (Wildman–Crippen LogP) is 2.16. The topological polar surface area (TPSA) is 86.5 Å². The van der Waals surface area contributed by atoms with Crippen molar-refractivity contribution in [2.75, 3.05) is 5.32 Å². The highest BCUT2D eigenvalue weighted by Gasteiger charge is 2.15. The number of carbonyl (C=O) groups is 1. The predicted molar refractivity (Wildman–Crippen MR) is 72.1 cm³/mol. The molecule has 0 aliphatic heterocycles. The lowest BCUT2D eigenvalue weighted by Crippen LogP contribution is -2.13. The molecule has 0 aliphatic rings. The molecule has 96 valence electrons. The Morgan fingerprint density at radius 1 is 1.16 bits per heavy atom. The van der Waals surface area contributed by atoms with Gasteiger partial charge in [0.25, 0.3) is 5.91 Å². The van der Waals surface area contributed by atoms with Crippen molar-refractivity contribution < 1.29 is 4.79 Å². The van der Waals surface area contributed by atoms with E-state index in [1.165, 1.54) is 0 Å². The van der Waals surface area contributed by atoms with E-state index in [2.05, 4.69) is 25.7 Å². The van der Waals surface area contributed by atoms with Gasteiger partial charge in [0, 0.05) is 17.1 Å². The Morgan fingerprint density at radius 3 is 2.74 bits per heavy atom. The number of H-pyrrole nitrogens is 2. The van der Waals surface area contributed by atoms with Crippen molar-refractivity contribution in [2.45, 2.75) is 13.8 Å². The molecule has 1 aromatic carbocycles. The van der Waals surface area contributed by atoms with Crippen LogP contribution in [-0.4, -0.2) is 26.3 Å². The van der Waals surface area contributed by atoms with Crippen molar-refractivity contribution in [3.05, 3.63) is 41.2 Å². The van der Waals surface area contributed by atoms with E-state index in [4.69, 9.17) is 0 Å². The molecule has 0 saturated heterocycles. The van der Waals surface area contributed by atoms with E-state index in [0.29, 0.717) is 11.5 Å². The first-order valence-corrected chi connectivity index (χ1v) is 5.91. The van der Waals surface area contributed by atoms with Crippen LogP contribution in [0.5, 0.6) is 0 Å². The number of aromatic nitrogens is 4. The number of aromatic amines is 2. The van der Waals surface area contributed by atoms with Crippen LogP contribution in [0.1, 0.15) is 21.7 Å². The number of benzene rings is 1. The average Bonchev–Trinajstić information content (AvgIpc) is 2.95. The third-order valence-corrected chi connectivity index (χ3v) is 2.88. The molecule has 1 amide bonds. The minimum absolute atomic E-state index is 0.275. The summed E-state index contributed by atoms with van der Waals surface area (Å²) in [5.41, 5.74) is 3.19. The van der Waals surface area contributed by atoms with Crippen molar-refractivity contribution in [3.8, 4) is 0 Å². The fraction of sp³-hybridized carbons (Fsp3) is 0.154. The smallest absolute Gasteiger partial charge is 0.278 e. The number of aryl methyl sites for hydroxylation is 2. The molecule has 3 N–H and O–H groups in total. The third-order valence-electron chi connectivity index (χ3n) is 2.88. The molecule has 0 spiro atoms. The molecular formula is C13H13N5O. The fourth-order valence-corrected chi connectivity index (χ4v) is 1.96. The number of nitrogens with one attached hydrogen (secondary N) is 3. The number of fused-ring (bicyclic) bond motifs is 1. The standard InChI is InChI=1S/C13H13N5O/c1-7-3-4-10-9(5-7)12(18-16-10)13(19)14-11-6-8(2)15-17-11/h3-6H,1-2H3,(H,16,18)(H2,14,15,17,19). The number of rotatable bonds is 2. The molecule has 0 radical (unpaired) electrons. The first kappa shape index (κ1) is 11.5. The molecule has 2 heterocycles. The van der Waals surface area contributed by atoms with E-state index in [1.54, 1.807) is 6.07 Å². The summed E-state index contributed by atoms with van der Waals surface area (Å²) in [4.78, 5) is 12.2. The van der Waals surface area contributed by atoms with Crippen LogP contribution >= 0.6 is 0 Å². The molecule has 0 saturated carbocycles. The summed E-state index contributed by atoms with van der Waals surface area (Å²) in [5, 5.41) is 17.2. The minimum atomic E-state index is -0.275. The van der Waals surface area contributed by atoms with Crippen molar-refractivity contribution in [2.24, 2.45) is 0 Å². The molecule has 6 nitrogen and oxygen atoms in total. The van der Waals surface area contributed by atoms with Crippen LogP contribution in [0.2, 0.25) is 0 Å². The highest BCUT2D eigenvalue weighted by Crippen LogP contribution is 2.18. The molecule has 2 aromatic heterocycles. The van der Waals surface area contributed by atoms with Gasteiger partial charge < -0.3 is 5.32 Å². The monoisotopic (exact) mass is 255 g/mol. The van der Waals surface area contributed by atoms with Gasteiger partial charge >= 0.3 is 0 Å². The van der Waals surface area contributed by atoms with Gasteiger partial charge in [-0.3, -0.25) is 15.0 Å². The summed E-state index contributed by atoms with van der Waals surface area (Å²) in [6.45, 7) is 3.85. The Labute approximate surface area is 109 Å². The molecule has 0 bridgehead atoms. The number of amides is 1. The lowest BCUT2D eigenvalue weighted by molar-refractivity contribution is 0.102. The zero-order valence-corrected chi connectivity index (χ0v) is 10.6. The summed E-state index contributed by atoms with van der Waals surface area (Å²) in [7, 11) is 0. The molecule has 0 aliphatic carbocycles. The first-order chi connectivity index (χ1) is 9.13. The number of carbonyl (C=O) groups excluding carboxylic acids is 1. The zero-order chi connectivity index (χ0) is 13.4. The van der Waals surface area contributed by atoms with E-state index >= 15 is 0 Å². The Balaban J connectivity index is 1.95. The maximum Gasteiger partial charge on any atom is 0.278 e. The third kappa shape index (κ3) is 2.08. The maximum atomic E-state index is 12.2. The molecule has 6 heteroatoms. The quantitative estimate of drug-likeness (QED) is 0.655. The molecule has 3 aromatic rings. The summed E-state index contributed by atoms with van der Waals surface area (Å²) < 4.78 is 0. The Bertz CT molecular complexity index is 755. The number of hydrogen-bond donors (Lipinski definition) is 3. The number of hydrogen-bond acceptors (Lipinski definition) is 3. The highest BCUT2D eigenvalue weighted by atomic mass is 16.2.